The Labute approximate surface area is 117 Å². The summed E-state index contributed by atoms with van der Waals surface area (Å²) in [5.74, 6) is -0.432. The summed E-state index contributed by atoms with van der Waals surface area (Å²) in [7, 11) is 1.70. The van der Waals surface area contributed by atoms with Gasteiger partial charge in [-0.15, -0.1) is 0 Å². The van der Waals surface area contributed by atoms with Crippen LogP contribution in [0.5, 0.6) is 0 Å². The Morgan fingerprint density at radius 2 is 1.90 bits per heavy atom. The van der Waals surface area contributed by atoms with E-state index in [-0.39, 0.29) is 0 Å². The van der Waals surface area contributed by atoms with Crippen LogP contribution in [0.2, 0.25) is 0 Å². The number of nitrogens with zero attached hydrogens (tertiary/aromatic N) is 2. The molecule has 0 aliphatic heterocycles. The van der Waals surface area contributed by atoms with Crippen molar-refractivity contribution in [3.8, 4) is 6.07 Å². The highest BCUT2D eigenvalue weighted by Crippen LogP contribution is 2.30. The lowest BCUT2D eigenvalue weighted by atomic mass is 10.1. The summed E-state index contributed by atoms with van der Waals surface area (Å²) in [6.45, 7) is 1.59. The summed E-state index contributed by atoms with van der Waals surface area (Å²) in [6.07, 6.45) is -0.713. The molecular formula is C16H15FN2O. The molecule has 0 aliphatic rings. The van der Waals surface area contributed by atoms with E-state index in [0.717, 1.165) is 0 Å². The standard InChI is InChI=1S/C16H15FN2O/c1-11(20)12-7-8-16(14(17)9-12)19(2)15-6-4-3-5-13(15)10-18/h3-9,11,20H,1-2H3/t11-/m1/s1. The number of nitriles is 1. The number of aliphatic hydroxyl groups excluding tert-OH is 1. The molecular weight excluding hydrogens is 255 g/mol. The Kier molecular flexibility index (Phi) is 4.02. The molecule has 102 valence electrons. The van der Waals surface area contributed by atoms with Crippen LogP contribution in [0.1, 0.15) is 24.2 Å². The molecule has 1 atom stereocenters. The molecule has 4 heteroatoms. The average molecular weight is 270 g/mol. The lowest BCUT2D eigenvalue weighted by molar-refractivity contribution is 0.199. The normalized spacial score (nSPS) is 11.8. The quantitative estimate of drug-likeness (QED) is 0.928. The van der Waals surface area contributed by atoms with Crippen LogP contribution in [-0.2, 0) is 0 Å². The number of hydrogen-bond donors (Lipinski definition) is 1. The number of halogens is 1. The van der Waals surface area contributed by atoms with Gasteiger partial charge in [0.25, 0.3) is 0 Å². The maximum Gasteiger partial charge on any atom is 0.147 e. The fraction of sp³-hybridized carbons (Fsp3) is 0.188. The maximum atomic E-state index is 14.1. The molecule has 1 N–H and O–H groups in total. The Bertz CT molecular complexity index is 662. The zero-order chi connectivity index (χ0) is 14.7. The van der Waals surface area contributed by atoms with Crippen LogP contribution in [0.15, 0.2) is 42.5 Å². The van der Waals surface area contributed by atoms with Crippen molar-refractivity contribution in [1.82, 2.24) is 0 Å². The minimum absolute atomic E-state index is 0.358. The van der Waals surface area contributed by atoms with E-state index >= 15 is 0 Å². The molecule has 0 unspecified atom stereocenters. The molecule has 2 aromatic carbocycles. The van der Waals surface area contributed by atoms with Gasteiger partial charge in [-0.2, -0.15) is 5.26 Å². The van der Waals surface area contributed by atoms with Crippen molar-refractivity contribution in [2.75, 3.05) is 11.9 Å². The van der Waals surface area contributed by atoms with Crippen molar-refractivity contribution < 1.29 is 9.50 Å². The second-order valence-corrected chi connectivity index (χ2v) is 4.57. The summed E-state index contributed by atoms with van der Waals surface area (Å²) in [4.78, 5) is 1.62. The van der Waals surface area contributed by atoms with Gasteiger partial charge < -0.3 is 10.0 Å². The van der Waals surface area contributed by atoms with Gasteiger partial charge in [0.05, 0.1) is 23.0 Å². The van der Waals surface area contributed by atoms with Gasteiger partial charge in [-0.05, 0) is 36.8 Å². The van der Waals surface area contributed by atoms with Crippen molar-refractivity contribution in [3.63, 3.8) is 0 Å². The Morgan fingerprint density at radius 3 is 2.50 bits per heavy atom. The van der Waals surface area contributed by atoms with E-state index in [0.29, 0.717) is 22.5 Å². The van der Waals surface area contributed by atoms with Crippen molar-refractivity contribution >= 4 is 11.4 Å². The van der Waals surface area contributed by atoms with E-state index in [4.69, 9.17) is 5.26 Å². The van der Waals surface area contributed by atoms with E-state index in [1.165, 1.54) is 6.07 Å². The van der Waals surface area contributed by atoms with Gasteiger partial charge in [0.15, 0.2) is 0 Å². The van der Waals surface area contributed by atoms with Crippen molar-refractivity contribution in [2.45, 2.75) is 13.0 Å². The molecule has 20 heavy (non-hydrogen) atoms. The largest absolute Gasteiger partial charge is 0.389 e. The molecule has 0 saturated heterocycles. The minimum atomic E-state index is -0.713. The second kappa shape index (κ2) is 5.72. The number of hydrogen-bond acceptors (Lipinski definition) is 3. The molecule has 2 rings (SSSR count). The SMILES string of the molecule is C[C@@H](O)c1ccc(N(C)c2ccccc2C#N)c(F)c1. The summed E-state index contributed by atoms with van der Waals surface area (Å²) >= 11 is 0. The molecule has 0 saturated carbocycles. The van der Waals surface area contributed by atoms with Crippen molar-refractivity contribution in [3.05, 3.63) is 59.4 Å². The first-order valence-electron chi connectivity index (χ1n) is 6.25. The van der Waals surface area contributed by atoms with E-state index in [2.05, 4.69) is 6.07 Å². The Morgan fingerprint density at radius 1 is 1.20 bits per heavy atom. The van der Waals surface area contributed by atoms with E-state index in [1.807, 2.05) is 0 Å². The summed E-state index contributed by atoms with van der Waals surface area (Å²) in [5, 5.41) is 18.6. The van der Waals surface area contributed by atoms with Crippen LogP contribution < -0.4 is 4.90 Å². The van der Waals surface area contributed by atoms with E-state index in [1.54, 1.807) is 55.3 Å². The molecule has 0 radical (unpaired) electrons. The van der Waals surface area contributed by atoms with Crippen LogP contribution in [-0.4, -0.2) is 12.2 Å². The Balaban J connectivity index is 2.44. The zero-order valence-electron chi connectivity index (χ0n) is 11.3. The highest BCUT2D eigenvalue weighted by atomic mass is 19.1. The molecule has 0 heterocycles. The van der Waals surface area contributed by atoms with Crippen LogP contribution in [0, 0.1) is 17.1 Å². The van der Waals surface area contributed by atoms with Gasteiger partial charge in [-0.25, -0.2) is 4.39 Å². The van der Waals surface area contributed by atoms with E-state index in [9.17, 15) is 9.50 Å². The fourth-order valence-electron chi connectivity index (χ4n) is 2.05. The predicted octanol–water partition coefficient (Wildman–Crippen LogP) is 3.52. The van der Waals surface area contributed by atoms with Crippen LogP contribution in [0.25, 0.3) is 0 Å². The topological polar surface area (TPSA) is 47.3 Å². The molecule has 0 aromatic heterocycles. The summed E-state index contributed by atoms with van der Waals surface area (Å²) < 4.78 is 14.1. The highest BCUT2D eigenvalue weighted by Gasteiger charge is 2.14. The van der Waals surface area contributed by atoms with Crippen LogP contribution >= 0.6 is 0 Å². The number of aliphatic hydroxyl groups is 1. The predicted molar refractivity (Wildman–Crippen MR) is 76.3 cm³/mol. The van der Waals surface area contributed by atoms with Crippen molar-refractivity contribution in [2.24, 2.45) is 0 Å². The van der Waals surface area contributed by atoms with Crippen LogP contribution in [0.3, 0.4) is 0 Å². The molecule has 0 fully saturated rings. The smallest absolute Gasteiger partial charge is 0.147 e. The lowest BCUT2D eigenvalue weighted by Crippen LogP contribution is -2.13. The molecule has 0 amide bonds. The second-order valence-electron chi connectivity index (χ2n) is 4.57. The van der Waals surface area contributed by atoms with Gasteiger partial charge in [0.2, 0.25) is 0 Å². The van der Waals surface area contributed by atoms with Gasteiger partial charge in [-0.1, -0.05) is 18.2 Å². The number of rotatable bonds is 3. The average Bonchev–Trinajstić information content (AvgIpc) is 2.46. The van der Waals surface area contributed by atoms with Gasteiger partial charge >= 0.3 is 0 Å². The van der Waals surface area contributed by atoms with Gasteiger partial charge in [-0.3, -0.25) is 0 Å². The minimum Gasteiger partial charge on any atom is -0.389 e. The number of benzene rings is 2. The molecule has 0 spiro atoms. The number of para-hydroxylation sites is 1. The first-order valence-corrected chi connectivity index (χ1v) is 6.25. The first kappa shape index (κ1) is 14.0. The maximum absolute atomic E-state index is 14.1. The zero-order valence-corrected chi connectivity index (χ0v) is 11.3. The van der Waals surface area contributed by atoms with Crippen LogP contribution in [0.4, 0.5) is 15.8 Å². The molecule has 2 aromatic rings. The van der Waals surface area contributed by atoms with Gasteiger partial charge in [0, 0.05) is 7.05 Å². The fourth-order valence-corrected chi connectivity index (χ4v) is 2.05. The Hall–Kier alpha value is -2.38. The lowest BCUT2D eigenvalue weighted by Gasteiger charge is -2.21. The molecule has 0 aliphatic carbocycles. The van der Waals surface area contributed by atoms with Gasteiger partial charge in [0.1, 0.15) is 11.9 Å². The van der Waals surface area contributed by atoms with Crippen molar-refractivity contribution in [1.29, 1.82) is 5.26 Å². The third kappa shape index (κ3) is 2.63. The highest BCUT2D eigenvalue weighted by molar-refractivity contribution is 5.69. The molecule has 0 bridgehead atoms. The van der Waals surface area contributed by atoms with E-state index < -0.39 is 11.9 Å². The third-order valence-corrected chi connectivity index (χ3v) is 3.20. The summed E-state index contributed by atoms with van der Waals surface area (Å²) in [6, 6.07) is 13.7. The number of anilines is 2. The monoisotopic (exact) mass is 270 g/mol. The first-order chi connectivity index (χ1) is 9.54. The molecule has 3 nitrogen and oxygen atoms in total. The summed E-state index contributed by atoms with van der Waals surface area (Å²) in [5.41, 5.74) is 2.00. The third-order valence-electron chi connectivity index (χ3n) is 3.20.